The summed E-state index contributed by atoms with van der Waals surface area (Å²) < 4.78 is 27.4. The summed E-state index contributed by atoms with van der Waals surface area (Å²) in [6.07, 6.45) is 0.632. The first-order chi connectivity index (χ1) is 9.25. The predicted molar refractivity (Wildman–Crippen MR) is 77.9 cm³/mol. The molecule has 0 radical (unpaired) electrons. The van der Waals surface area contributed by atoms with Gasteiger partial charge in [0.1, 0.15) is 0 Å². The molecule has 1 unspecified atom stereocenters. The Morgan fingerprint density at radius 3 is 2.65 bits per heavy atom. The molecule has 1 atom stereocenters. The van der Waals surface area contributed by atoms with E-state index in [4.69, 9.17) is 27.0 Å². The summed E-state index contributed by atoms with van der Waals surface area (Å²) in [6.45, 7) is 2.32. The second-order valence-corrected chi connectivity index (χ2v) is 7.21. The molecular formula is C12H15Cl2NO4S. The van der Waals surface area contributed by atoms with Gasteiger partial charge >= 0.3 is 0 Å². The highest BCUT2D eigenvalue weighted by Crippen LogP contribution is 2.22. The first kappa shape index (κ1) is 17.2. The van der Waals surface area contributed by atoms with Crippen LogP contribution in [0, 0.1) is 0 Å². The van der Waals surface area contributed by atoms with E-state index < -0.39 is 15.0 Å². The van der Waals surface area contributed by atoms with Gasteiger partial charge in [-0.25, -0.2) is 8.42 Å². The zero-order valence-corrected chi connectivity index (χ0v) is 13.3. The first-order valence-electron chi connectivity index (χ1n) is 5.79. The molecule has 0 saturated heterocycles. The fourth-order valence-electron chi connectivity index (χ4n) is 1.50. The zero-order chi connectivity index (χ0) is 15.3. The van der Waals surface area contributed by atoms with Gasteiger partial charge in [0.2, 0.25) is 0 Å². The molecule has 0 aliphatic rings. The topological polar surface area (TPSA) is 72.5 Å². The van der Waals surface area contributed by atoms with Crippen LogP contribution in [0.2, 0.25) is 5.02 Å². The number of halogens is 2. The molecule has 0 spiro atoms. The van der Waals surface area contributed by atoms with Gasteiger partial charge in [-0.2, -0.15) is 0 Å². The van der Waals surface area contributed by atoms with E-state index in [1.54, 1.807) is 7.11 Å². The molecule has 112 valence electrons. The van der Waals surface area contributed by atoms with E-state index in [9.17, 15) is 13.2 Å². The molecule has 1 rings (SSSR count). The van der Waals surface area contributed by atoms with Crippen LogP contribution in [0.4, 0.5) is 0 Å². The van der Waals surface area contributed by atoms with Crippen LogP contribution in [0.1, 0.15) is 23.7 Å². The summed E-state index contributed by atoms with van der Waals surface area (Å²) in [6, 6.07) is 3.60. The molecule has 1 N–H and O–H groups in total. The van der Waals surface area contributed by atoms with E-state index in [-0.39, 0.29) is 21.5 Å². The van der Waals surface area contributed by atoms with E-state index in [1.165, 1.54) is 12.1 Å². The number of methoxy groups -OCH3 is 1. The van der Waals surface area contributed by atoms with Crippen LogP contribution in [-0.2, 0) is 13.8 Å². The maximum absolute atomic E-state index is 12.0. The third-order valence-corrected chi connectivity index (χ3v) is 4.28. The van der Waals surface area contributed by atoms with Crippen molar-refractivity contribution in [1.82, 2.24) is 5.32 Å². The fraction of sp³-hybridized carbons (Fsp3) is 0.417. The van der Waals surface area contributed by atoms with Crippen molar-refractivity contribution in [3.05, 3.63) is 28.8 Å². The molecule has 1 amide bonds. The van der Waals surface area contributed by atoms with E-state index >= 15 is 0 Å². The van der Waals surface area contributed by atoms with Crippen LogP contribution in [0.5, 0.6) is 0 Å². The lowest BCUT2D eigenvalue weighted by Gasteiger charge is -2.14. The highest BCUT2D eigenvalue weighted by Gasteiger charge is 2.17. The van der Waals surface area contributed by atoms with E-state index in [1.807, 2.05) is 6.92 Å². The minimum atomic E-state index is -3.90. The summed E-state index contributed by atoms with van der Waals surface area (Å²) in [4.78, 5) is 11.9. The van der Waals surface area contributed by atoms with Crippen molar-refractivity contribution in [3.63, 3.8) is 0 Å². The second kappa shape index (κ2) is 7.26. The molecule has 0 aliphatic heterocycles. The Labute approximate surface area is 127 Å². The molecule has 20 heavy (non-hydrogen) atoms. The SMILES string of the molecule is COCCC(C)NC(=O)c1cc(S(=O)(=O)Cl)ccc1Cl. The lowest BCUT2D eigenvalue weighted by Crippen LogP contribution is -2.33. The Morgan fingerprint density at radius 1 is 1.45 bits per heavy atom. The maximum Gasteiger partial charge on any atom is 0.261 e. The summed E-state index contributed by atoms with van der Waals surface area (Å²) in [5, 5.41) is 2.87. The van der Waals surface area contributed by atoms with Gasteiger partial charge in [-0.1, -0.05) is 11.6 Å². The number of rotatable bonds is 6. The fourth-order valence-corrected chi connectivity index (χ4v) is 2.48. The number of hydrogen-bond donors (Lipinski definition) is 1. The van der Waals surface area contributed by atoms with Crippen LogP contribution in [0.3, 0.4) is 0 Å². The van der Waals surface area contributed by atoms with Crippen LogP contribution >= 0.6 is 22.3 Å². The molecule has 8 heteroatoms. The van der Waals surface area contributed by atoms with Gasteiger partial charge in [0.05, 0.1) is 15.5 Å². The third kappa shape index (κ3) is 4.94. The molecule has 0 saturated carbocycles. The number of amides is 1. The van der Waals surface area contributed by atoms with Gasteiger partial charge in [0.25, 0.3) is 15.0 Å². The van der Waals surface area contributed by atoms with Gasteiger partial charge in [0.15, 0.2) is 0 Å². The van der Waals surface area contributed by atoms with Crippen molar-refractivity contribution < 1.29 is 17.9 Å². The van der Waals surface area contributed by atoms with Crippen molar-refractivity contribution >= 4 is 37.2 Å². The summed E-state index contributed by atoms with van der Waals surface area (Å²) >= 11 is 5.91. The first-order valence-corrected chi connectivity index (χ1v) is 8.48. The number of hydrogen-bond acceptors (Lipinski definition) is 4. The average molecular weight is 340 g/mol. The Morgan fingerprint density at radius 2 is 2.10 bits per heavy atom. The van der Waals surface area contributed by atoms with Gasteiger partial charge in [0, 0.05) is 30.4 Å². The third-order valence-electron chi connectivity index (χ3n) is 2.60. The van der Waals surface area contributed by atoms with Crippen molar-refractivity contribution in [2.45, 2.75) is 24.3 Å². The molecular weight excluding hydrogens is 325 g/mol. The predicted octanol–water partition coefficient (Wildman–Crippen LogP) is 2.42. The smallest absolute Gasteiger partial charge is 0.261 e. The average Bonchev–Trinajstić information content (AvgIpc) is 2.35. The molecule has 1 aromatic carbocycles. The molecule has 1 aromatic rings. The van der Waals surface area contributed by atoms with Crippen LogP contribution < -0.4 is 5.32 Å². The van der Waals surface area contributed by atoms with Crippen LogP contribution in [0.25, 0.3) is 0 Å². The highest BCUT2D eigenvalue weighted by atomic mass is 35.7. The van der Waals surface area contributed by atoms with E-state index in [0.717, 1.165) is 6.07 Å². The summed E-state index contributed by atoms with van der Waals surface area (Å²) in [5.74, 6) is -0.458. The normalized spacial score (nSPS) is 13.0. The molecule has 0 fully saturated rings. The second-order valence-electron chi connectivity index (χ2n) is 4.24. The Hall–Kier alpha value is -0.820. The minimum absolute atomic E-state index is 0.0673. The number of nitrogens with one attached hydrogen (secondary N) is 1. The van der Waals surface area contributed by atoms with Gasteiger partial charge in [-0.05, 0) is 31.5 Å². The zero-order valence-electron chi connectivity index (χ0n) is 11.0. The van der Waals surface area contributed by atoms with Crippen LogP contribution in [-0.4, -0.2) is 34.1 Å². The quantitative estimate of drug-likeness (QED) is 0.808. The lowest BCUT2D eigenvalue weighted by atomic mass is 10.2. The van der Waals surface area contributed by atoms with Gasteiger partial charge in [-0.3, -0.25) is 4.79 Å². The summed E-state index contributed by atoms with van der Waals surface area (Å²) in [5.41, 5.74) is 0.0673. The molecule has 0 aromatic heterocycles. The number of benzene rings is 1. The Balaban J connectivity index is 2.93. The van der Waals surface area contributed by atoms with Crippen molar-refractivity contribution in [3.8, 4) is 0 Å². The largest absolute Gasteiger partial charge is 0.385 e. The molecule has 0 bridgehead atoms. The Kier molecular flexibility index (Phi) is 6.26. The highest BCUT2D eigenvalue weighted by molar-refractivity contribution is 8.13. The van der Waals surface area contributed by atoms with Crippen molar-refractivity contribution in [2.75, 3.05) is 13.7 Å². The molecule has 5 nitrogen and oxygen atoms in total. The van der Waals surface area contributed by atoms with Crippen LogP contribution in [0.15, 0.2) is 23.1 Å². The number of ether oxygens (including phenoxy) is 1. The van der Waals surface area contributed by atoms with E-state index in [0.29, 0.717) is 13.0 Å². The Bertz CT molecular complexity index is 589. The van der Waals surface area contributed by atoms with Gasteiger partial charge < -0.3 is 10.1 Å². The van der Waals surface area contributed by atoms with Gasteiger partial charge in [-0.15, -0.1) is 0 Å². The minimum Gasteiger partial charge on any atom is -0.385 e. The molecule has 0 heterocycles. The molecule has 0 aliphatic carbocycles. The lowest BCUT2D eigenvalue weighted by molar-refractivity contribution is 0.0929. The monoisotopic (exact) mass is 339 g/mol. The number of carbonyl (C=O) groups is 1. The standard InChI is InChI=1S/C12H15Cl2NO4S/c1-8(5-6-19-2)15-12(16)10-7-9(20(14,17)18)3-4-11(10)13/h3-4,7-8H,5-6H2,1-2H3,(H,15,16). The van der Waals surface area contributed by atoms with E-state index in [2.05, 4.69) is 5.32 Å². The van der Waals surface area contributed by atoms with Crippen molar-refractivity contribution in [2.24, 2.45) is 0 Å². The number of carbonyl (C=O) groups excluding carboxylic acids is 1. The van der Waals surface area contributed by atoms with Crippen molar-refractivity contribution in [1.29, 1.82) is 0 Å². The summed E-state index contributed by atoms with van der Waals surface area (Å²) in [7, 11) is 2.91. The maximum atomic E-state index is 12.0.